The number of cyclic esters (lactones) is 1. The van der Waals surface area contributed by atoms with Crippen molar-refractivity contribution < 1.29 is 53.0 Å². The Bertz CT molecular complexity index is 1230. The molecule has 0 unspecified atom stereocenters. The molecule has 0 spiro atoms. The van der Waals surface area contributed by atoms with Crippen molar-refractivity contribution in [3.63, 3.8) is 0 Å². The fourth-order valence-corrected chi connectivity index (χ4v) is 10.7. The summed E-state index contributed by atoms with van der Waals surface area (Å²) in [5.74, 6) is -1.01. The van der Waals surface area contributed by atoms with Crippen LogP contribution in [0.1, 0.15) is 92.4 Å². The van der Waals surface area contributed by atoms with E-state index in [1.165, 1.54) is 21.0 Å². The molecule has 0 aromatic heterocycles. The van der Waals surface area contributed by atoms with Crippen molar-refractivity contribution in [2.24, 2.45) is 28.6 Å². The monoisotopic (exact) mass is 634 g/mol. The maximum Gasteiger partial charge on any atom is 0.331 e. The van der Waals surface area contributed by atoms with Gasteiger partial charge in [-0.2, -0.15) is 0 Å². The van der Waals surface area contributed by atoms with Crippen LogP contribution in [0.2, 0.25) is 0 Å². The second kappa shape index (κ2) is 11.6. The summed E-state index contributed by atoms with van der Waals surface area (Å²) >= 11 is 0. The summed E-state index contributed by atoms with van der Waals surface area (Å²) < 4.78 is 34.7. The fourth-order valence-electron chi connectivity index (χ4n) is 10.7. The molecule has 0 radical (unpaired) electrons. The molecule has 13 atom stereocenters. The zero-order valence-electron chi connectivity index (χ0n) is 27.4. The van der Waals surface area contributed by atoms with Crippen molar-refractivity contribution in [3.8, 4) is 0 Å². The van der Waals surface area contributed by atoms with E-state index in [1.807, 2.05) is 0 Å². The van der Waals surface area contributed by atoms with E-state index in [2.05, 4.69) is 13.8 Å². The first-order valence-electron chi connectivity index (χ1n) is 16.7. The van der Waals surface area contributed by atoms with E-state index in [0.717, 1.165) is 24.8 Å². The number of ether oxygens (including phenoxy) is 6. The molecule has 2 aliphatic heterocycles. The van der Waals surface area contributed by atoms with Gasteiger partial charge in [0.2, 0.25) is 0 Å². The quantitative estimate of drug-likeness (QED) is 0.252. The van der Waals surface area contributed by atoms with E-state index in [1.54, 1.807) is 13.0 Å². The molecule has 0 aromatic carbocycles. The lowest BCUT2D eigenvalue weighted by molar-refractivity contribution is -0.324. The summed E-state index contributed by atoms with van der Waals surface area (Å²) in [7, 11) is 1.47. The molecule has 0 amide bonds. The maximum absolute atomic E-state index is 12.5. The Morgan fingerprint density at radius 2 is 1.56 bits per heavy atom. The van der Waals surface area contributed by atoms with Gasteiger partial charge in [0.05, 0.1) is 23.4 Å². The lowest BCUT2D eigenvalue weighted by Gasteiger charge is -2.66. The third-order valence-corrected chi connectivity index (χ3v) is 13.0. The zero-order valence-corrected chi connectivity index (χ0v) is 27.4. The highest BCUT2D eigenvalue weighted by Gasteiger charge is 2.70. The highest BCUT2D eigenvalue weighted by atomic mass is 16.7. The van der Waals surface area contributed by atoms with E-state index >= 15 is 0 Å². The molecule has 11 nitrogen and oxygen atoms in total. The first kappa shape index (κ1) is 32.9. The third-order valence-electron chi connectivity index (χ3n) is 13.0. The minimum Gasteiger partial charge on any atom is -0.458 e. The van der Waals surface area contributed by atoms with Gasteiger partial charge in [0.1, 0.15) is 12.7 Å². The first-order chi connectivity index (χ1) is 21.2. The summed E-state index contributed by atoms with van der Waals surface area (Å²) in [4.78, 5) is 35.8. The van der Waals surface area contributed by atoms with Crippen molar-refractivity contribution in [2.45, 2.75) is 140 Å². The molecular weight excluding hydrogens is 584 g/mol. The molecule has 45 heavy (non-hydrogen) atoms. The number of aliphatic hydroxyl groups is 2. The molecule has 0 bridgehead atoms. The molecule has 4 saturated carbocycles. The van der Waals surface area contributed by atoms with E-state index in [4.69, 9.17) is 28.4 Å². The molecule has 252 valence electrons. The highest BCUT2D eigenvalue weighted by molar-refractivity contribution is 5.85. The summed E-state index contributed by atoms with van der Waals surface area (Å²) in [5.41, 5.74) is -1.63. The number of rotatable bonds is 6. The molecule has 6 rings (SSSR count). The van der Waals surface area contributed by atoms with Crippen molar-refractivity contribution in [1.29, 1.82) is 0 Å². The van der Waals surface area contributed by atoms with Crippen LogP contribution >= 0.6 is 0 Å². The molecule has 2 N–H and O–H groups in total. The van der Waals surface area contributed by atoms with Gasteiger partial charge < -0.3 is 38.6 Å². The van der Waals surface area contributed by atoms with Gasteiger partial charge >= 0.3 is 17.9 Å². The largest absolute Gasteiger partial charge is 0.458 e. The van der Waals surface area contributed by atoms with Crippen LogP contribution in [0.25, 0.3) is 0 Å². The molecule has 1 saturated heterocycles. The zero-order chi connectivity index (χ0) is 32.5. The molecule has 2 heterocycles. The molecule has 6 aliphatic rings. The van der Waals surface area contributed by atoms with E-state index in [9.17, 15) is 24.6 Å². The van der Waals surface area contributed by atoms with Gasteiger partial charge in [0.15, 0.2) is 18.5 Å². The summed E-state index contributed by atoms with van der Waals surface area (Å²) in [6, 6.07) is 0. The van der Waals surface area contributed by atoms with Crippen molar-refractivity contribution in [1.82, 2.24) is 0 Å². The van der Waals surface area contributed by atoms with Crippen molar-refractivity contribution in [3.05, 3.63) is 11.6 Å². The third kappa shape index (κ3) is 5.16. The molecule has 0 aromatic rings. The predicted octanol–water partition coefficient (Wildman–Crippen LogP) is 3.37. The van der Waals surface area contributed by atoms with Gasteiger partial charge in [0.25, 0.3) is 0 Å². The topological polar surface area (TPSA) is 147 Å². The van der Waals surface area contributed by atoms with Crippen LogP contribution in [0.5, 0.6) is 0 Å². The molecular formula is C34H50O11. The Kier molecular flexibility index (Phi) is 8.46. The second-order valence-electron chi connectivity index (χ2n) is 15.1. The van der Waals surface area contributed by atoms with Crippen LogP contribution in [0, 0.1) is 28.6 Å². The lowest BCUT2D eigenvalue weighted by Crippen LogP contribution is -2.68. The maximum atomic E-state index is 12.5. The number of hydrogen-bond donors (Lipinski definition) is 2. The lowest BCUT2D eigenvalue weighted by atomic mass is 9.42. The summed E-state index contributed by atoms with van der Waals surface area (Å²) in [5, 5.41) is 24.9. The average Bonchev–Trinajstić information content (AvgIpc) is 3.51. The van der Waals surface area contributed by atoms with Crippen LogP contribution in [-0.4, -0.2) is 89.8 Å². The van der Waals surface area contributed by atoms with Crippen LogP contribution in [0.4, 0.5) is 0 Å². The Balaban J connectivity index is 1.19. The van der Waals surface area contributed by atoms with Crippen molar-refractivity contribution >= 4 is 17.9 Å². The van der Waals surface area contributed by atoms with E-state index < -0.39 is 59.3 Å². The summed E-state index contributed by atoms with van der Waals surface area (Å²) in [6.45, 7) is 9.06. The van der Waals surface area contributed by atoms with Crippen LogP contribution in [0.3, 0.4) is 0 Å². The van der Waals surface area contributed by atoms with Crippen LogP contribution < -0.4 is 0 Å². The Labute approximate surface area is 265 Å². The number of fused-ring (bicyclic) bond motifs is 5. The second-order valence-corrected chi connectivity index (χ2v) is 15.1. The van der Waals surface area contributed by atoms with Gasteiger partial charge in [-0.25, -0.2) is 4.79 Å². The number of carbonyl (C=O) groups is 3. The molecule has 4 aliphatic carbocycles. The van der Waals surface area contributed by atoms with Crippen molar-refractivity contribution in [2.75, 3.05) is 13.7 Å². The summed E-state index contributed by atoms with van der Waals surface area (Å²) in [6.07, 6.45) is 3.42. The molecule has 11 heteroatoms. The SMILES string of the molecule is CO[C@@H]1[C@@H](OC(C)=O)[C@H](C)O[C@H](O[C@@H]2CC[C@]3(C)[C@@H]4CC[C@]5(C)[C@H](C6=CC(=O)OC6)CC[C@]5(O)[C@H]4CC[C@]3(O)C2)[C@@H]1OC(C)=O. The van der Waals surface area contributed by atoms with Crippen LogP contribution in [-0.2, 0) is 42.8 Å². The minimum absolute atomic E-state index is 0.0548. The Hall–Kier alpha value is -2.05. The van der Waals surface area contributed by atoms with Gasteiger partial charge in [-0.05, 0) is 87.0 Å². The minimum atomic E-state index is -1.01. The number of methoxy groups -OCH3 is 1. The average molecular weight is 635 g/mol. The van der Waals surface area contributed by atoms with Gasteiger partial charge in [-0.15, -0.1) is 0 Å². The van der Waals surface area contributed by atoms with Gasteiger partial charge in [-0.3, -0.25) is 9.59 Å². The number of carbonyl (C=O) groups excluding carboxylic acids is 3. The normalized spacial score (nSPS) is 49.2. The number of hydrogen-bond acceptors (Lipinski definition) is 11. The molecule has 5 fully saturated rings. The van der Waals surface area contributed by atoms with Gasteiger partial charge in [0, 0.05) is 38.9 Å². The fraction of sp³-hybridized carbons (Fsp3) is 0.853. The smallest absolute Gasteiger partial charge is 0.331 e. The predicted molar refractivity (Wildman–Crippen MR) is 158 cm³/mol. The van der Waals surface area contributed by atoms with Crippen LogP contribution in [0.15, 0.2) is 11.6 Å². The first-order valence-corrected chi connectivity index (χ1v) is 16.7. The van der Waals surface area contributed by atoms with Gasteiger partial charge in [-0.1, -0.05) is 13.8 Å². The Morgan fingerprint density at radius 3 is 2.20 bits per heavy atom. The Morgan fingerprint density at radius 1 is 0.889 bits per heavy atom. The highest BCUT2D eigenvalue weighted by Crippen LogP contribution is 2.70. The standard InChI is InChI=1S/C34H50O11/c1-18-27(43-19(2)35)28(40-6)29(44-20(3)36)30(42-18)45-22-7-11-31(4)24-8-12-32(5)23(21-15-26(37)41-17-21)10-14-34(32,39)25(24)9-13-33(31,38)16-22/h15,18,22-25,27-30,38-39H,7-14,16-17H2,1-6H3/t18-,22+,23-,24+,25-,27-,28+,29+,30+,31+,32+,33-,34-/m0/s1. The number of esters is 3. The van der Waals surface area contributed by atoms with E-state index in [-0.39, 0.29) is 35.2 Å². The van der Waals surface area contributed by atoms with E-state index in [0.29, 0.717) is 45.1 Å².